The molecule has 0 saturated heterocycles. The molecule has 144 valence electrons. The molecular weight excluding hydrogens is 392 g/mol. The molecule has 2 aromatic heterocycles. The minimum atomic E-state index is -0.456. The van der Waals surface area contributed by atoms with Crippen LogP contribution >= 0.6 is 11.6 Å². The van der Waals surface area contributed by atoms with Gasteiger partial charge < -0.3 is 0 Å². The number of H-pyrrole nitrogens is 1. The van der Waals surface area contributed by atoms with Crippen LogP contribution in [0.25, 0.3) is 28.0 Å². The number of rotatable bonds is 4. The van der Waals surface area contributed by atoms with Crippen molar-refractivity contribution in [2.75, 3.05) is 0 Å². The van der Waals surface area contributed by atoms with Crippen LogP contribution < -0.4 is 5.56 Å². The number of halogens is 1. The summed E-state index contributed by atoms with van der Waals surface area (Å²) >= 11 is 6.04. The van der Waals surface area contributed by atoms with E-state index in [0.717, 1.165) is 29.7 Å². The molecule has 2 heterocycles. The second-order valence-electron chi connectivity index (χ2n) is 7.12. The Kier molecular flexibility index (Phi) is 3.99. The molecule has 5 rings (SSSR count). The van der Waals surface area contributed by atoms with Crippen molar-refractivity contribution in [1.29, 1.82) is 0 Å². The maximum Gasteiger partial charge on any atom is 0.273 e. The zero-order chi connectivity index (χ0) is 20.1. The molecule has 1 fully saturated rings. The number of nitrogens with one attached hydrogen (secondary N) is 1. The Morgan fingerprint density at radius 3 is 2.34 bits per heavy atom. The van der Waals surface area contributed by atoms with Crippen LogP contribution in [0.4, 0.5) is 5.69 Å². The summed E-state index contributed by atoms with van der Waals surface area (Å²) in [6.07, 6.45) is 2.13. The third-order valence-electron chi connectivity index (χ3n) is 5.14. The van der Waals surface area contributed by atoms with Gasteiger partial charge in [-0.2, -0.15) is 0 Å². The zero-order valence-electron chi connectivity index (χ0n) is 15.1. The van der Waals surface area contributed by atoms with E-state index in [0.29, 0.717) is 27.8 Å². The molecule has 2 aromatic carbocycles. The van der Waals surface area contributed by atoms with Gasteiger partial charge in [0, 0.05) is 46.0 Å². The first-order valence-corrected chi connectivity index (χ1v) is 9.55. The van der Waals surface area contributed by atoms with E-state index in [2.05, 4.69) is 5.10 Å². The van der Waals surface area contributed by atoms with Crippen molar-refractivity contribution < 1.29 is 4.92 Å². The third kappa shape index (κ3) is 3.09. The van der Waals surface area contributed by atoms with Gasteiger partial charge in [-0.3, -0.25) is 20.0 Å². The minimum Gasteiger partial charge on any atom is -0.293 e. The lowest BCUT2D eigenvalue weighted by molar-refractivity contribution is -0.384. The number of fused-ring (bicyclic) bond motifs is 1. The Labute approximate surface area is 169 Å². The highest BCUT2D eigenvalue weighted by atomic mass is 35.5. The monoisotopic (exact) mass is 406 g/mol. The van der Waals surface area contributed by atoms with Gasteiger partial charge in [-0.25, -0.2) is 9.50 Å². The minimum absolute atomic E-state index is 0.00827. The second kappa shape index (κ2) is 6.56. The molecule has 7 nitrogen and oxygen atoms in total. The molecule has 4 aromatic rings. The van der Waals surface area contributed by atoms with E-state index in [1.165, 1.54) is 22.7 Å². The number of nitro benzene ring substituents is 1. The summed E-state index contributed by atoms with van der Waals surface area (Å²) in [7, 11) is 0. The highest BCUT2D eigenvalue weighted by molar-refractivity contribution is 6.30. The predicted octanol–water partition coefficient (Wildman–Crippen LogP) is 4.80. The van der Waals surface area contributed by atoms with Gasteiger partial charge in [-0.15, -0.1) is 0 Å². The van der Waals surface area contributed by atoms with E-state index in [1.54, 1.807) is 12.1 Å². The number of hydrogen-bond donors (Lipinski definition) is 1. The number of hydrogen-bond acceptors (Lipinski definition) is 4. The molecule has 0 amide bonds. The normalized spacial score (nSPS) is 13.7. The summed E-state index contributed by atoms with van der Waals surface area (Å²) in [5, 5.41) is 14.8. The Morgan fingerprint density at radius 2 is 1.72 bits per heavy atom. The molecule has 0 unspecified atom stereocenters. The molecule has 1 N–H and O–H groups in total. The predicted molar refractivity (Wildman–Crippen MR) is 110 cm³/mol. The molecule has 0 radical (unpaired) electrons. The Morgan fingerprint density at radius 1 is 1.07 bits per heavy atom. The highest BCUT2D eigenvalue weighted by Crippen LogP contribution is 2.45. The standard InChI is InChI=1S/C21H15ClN4O3/c22-15-7-3-13(4-8-15)19-20(14-1-2-14)24-25-18(27)11-17(23-21(19)25)12-5-9-16(10-6-12)26(28)29/h3-11,14,24H,1-2H2. The number of non-ortho nitro benzene ring substituents is 1. The number of aromatic nitrogens is 3. The summed E-state index contributed by atoms with van der Waals surface area (Å²) in [6.45, 7) is 0. The fraction of sp³-hybridized carbons (Fsp3) is 0.143. The fourth-order valence-electron chi connectivity index (χ4n) is 3.53. The van der Waals surface area contributed by atoms with Gasteiger partial charge >= 0.3 is 0 Å². The first-order valence-electron chi connectivity index (χ1n) is 9.18. The van der Waals surface area contributed by atoms with E-state index >= 15 is 0 Å². The Hall–Kier alpha value is -3.45. The lowest BCUT2D eigenvalue weighted by atomic mass is 10.0. The largest absolute Gasteiger partial charge is 0.293 e. The fourth-order valence-corrected chi connectivity index (χ4v) is 3.65. The van der Waals surface area contributed by atoms with Gasteiger partial charge in [-0.1, -0.05) is 23.7 Å². The molecule has 1 aliphatic carbocycles. The summed E-state index contributed by atoms with van der Waals surface area (Å²) < 4.78 is 1.46. The van der Waals surface area contributed by atoms with Gasteiger partial charge in [0.2, 0.25) is 0 Å². The lowest BCUT2D eigenvalue weighted by Gasteiger charge is -2.05. The molecular formula is C21H15ClN4O3. The van der Waals surface area contributed by atoms with Gasteiger partial charge in [0.25, 0.3) is 11.2 Å². The van der Waals surface area contributed by atoms with Crippen LogP contribution in [0.2, 0.25) is 5.02 Å². The average molecular weight is 407 g/mol. The van der Waals surface area contributed by atoms with Crippen molar-refractivity contribution >= 4 is 22.9 Å². The molecule has 0 atom stereocenters. The number of nitro groups is 1. The highest BCUT2D eigenvalue weighted by Gasteiger charge is 2.31. The van der Waals surface area contributed by atoms with Crippen LogP contribution in [0, 0.1) is 10.1 Å². The summed E-state index contributed by atoms with van der Waals surface area (Å²) in [4.78, 5) is 28.0. The van der Waals surface area contributed by atoms with E-state index in [4.69, 9.17) is 16.6 Å². The summed E-state index contributed by atoms with van der Waals surface area (Å²) in [5.41, 5.74) is 4.24. The number of benzene rings is 2. The van der Waals surface area contributed by atoms with Crippen LogP contribution in [0.15, 0.2) is 59.4 Å². The first kappa shape index (κ1) is 17.6. The first-order chi connectivity index (χ1) is 14.0. The lowest BCUT2D eigenvalue weighted by Crippen LogP contribution is -2.14. The Bertz CT molecular complexity index is 1300. The topological polar surface area (TPSA) is 93.3 Å². The maximum atomic E-state index is 12.8. The quantitative estimate of drug-likeness (QED) is 0.389. The van der Waals surface area contributed by atoms with Crippen molar-refractivity contribution in [2.24, 2.45) is 0 Å². The van der Waals surface area contributed by atoms with Crippen molar-refractivity contribution in [3.05, 3.63) is 85.8 Å². The van der Waals surface area contributed by atoms with Gasteiger partial charge in [0.05, 0.1) is 10.6 Å². The molecule has 8 heteroatoms. The van der Waals surface area contributed by atoms with Crippen molar-refractivity contribution in [1.82, 2.24) is 14.6 Å². The Balaban J connectivity index is 1.73. The molecule has 0 spiro atoms. The van der Waals surface area contributed by atoms with Crippen LogP contribution in [0.5, 0.6) is 0 Å². The zero-order valence-corrected chi connectivity index (χ0v) is 15.9. The second-order valence-corrected chi connectivity index (χ2v) is 7.56. The average Bonchev–Trinajstić information content (AvgIpc) is 3.49. The van der Waals surface area contributed by atoms with E-state index in [9.17, 15) is 14.9 Å². The number of aromatic amines is 1. The van der Waals surface area contributed by atoms with Crippen LogP contribution in [0.1, 0.15) is 24.5 Å². The van der Waals surface area contributed by atoms with Gasteiger partial charge in [-0.05, 0) is 42.7 Å². The van der Waals surface area contributed by atoms with Crippen LogP contribution in [0.3, 0.4) is 0 Å². The van der Waals surface area contributed by atoms with Crippen LogP contribution in [-0.4, -0.2) is 19.5 Å². The summed E-state index contributed by atoms with van der Waals surface area (Å²) in [6, 6.07) is 14.9. The molecule has 0 aliphatic heterocycles. The third-order valence-corrected chi connectivity index (χ3v) is 5.39. The maximum absolute atomic E-state index is 12.8. The molecule has 0 bridgehead atoms. The smallest absolute Gasteiger partial charge is 0.273 e. The van der Waals surface area contributed by atoms with Crippen LogP contribution in [-0.2, 0) is 0 Å². The van der Waals surface area contributed by atoms with Gasteiger partial charge in [0.15, 0.2) is 5.65 Å². The van der Waals surface area contributed by atoms with E-state index in [1.807, 2.05) is 24.3 Å². The van der Waals surface area contributed by atoms with Crippen molar-refractivity contribution in [2.45, 2.75) is 18.8 Å². The van der Waals surface area contributed by atoms with Gasteiger partial charge in [0.1, 0.15) is 0 Å². The summed E-state index contributed by atoms with van der Waals surface area (Å²) in [5.74, 6) is 0.379. The molecule has 1 aliphatic rings. The van der Waals surface area contributed by atoms with Crippen molar-refractivity contribution in [3.63, 3.8) is 0 Å². The number of nitrogens with zero attached hydrogens (tertiary/aromatic N) is 3. The van der Waals surface area contributed by atoms with E-state index in [-0.39, 0.29) is 11.2 Å². The molecule has 29 heavy (non-hydrogen) atoms. The van der Waals surface area contributed by atoms with Crippen molar-refractivity contribution in [3.8, 4) is 22.4 Å². The molecule has 1 saturated carbocycles. The van der Waals surface area contributed by atoms with E-state index < -0.39 is 4.92 Å². The SMILES string of the molecule is O=c1cc(-c2ccc([N+](=O)[O-])cc2)nc2c(-c3ccc(Cl)cc3)c(C3CC3)[nH]n12.